The minimum absolute atomic E-state index is 0.0119. The van der Waals surface area contributed by atoms with Crippen LogP contribution in [0.15, 0.2) is 113 Å². The lowest BCUT2D eigenvalue weighted by Crippen LogP contribution is -2.71. The smallest absolute Gasteiger partial charge is 0.356 e. The molecule has 1 fully saturated rings. The number of nitrogens with zero attached hydrogens (tertiary/aromatic N) is 3. The number of hydrogen-bond donors (Lipinski definition) is 2. The lowest BCUT2D eigenvalue weighted by atomic mass is 10.00. The number of nitrogens with two attached hydrogens (primary N) is 1. The molecule has 246 valence electrons. The van der Waals surface area contributed by atoms with Crippen molar-refractivity contribution in [2.45, 2.75) is 17.5 Å². The van der Waals surface area contributed by atoms with Crippen molar-refractivity contribution < 1.29 is 33.5 Å². The average Bonchev–Trinajstić information content (AvgIpc) is 3.70. The fraction of sp³-hybridized carbons (Fsp3) is 0.143. The number of thiazole rings is 1. The predicted octanol–water partition coefficient (Wildman–Crippen LogP) is 4.27. The summed E-state index contributed by atoms with van der Waals surface area (Å²) in [4.78, 5) is 64.4. The van der Waals surface area contributed by atoms with Crippen molar-refractivity contribution in [2.24, 2.45) is 5.16 Å². The highest BCUT2D eigenvalue weighted by molar-refractivity contribution is 8.00. The number of carbonyl (C=O) groups excluding carboxylic acids is 4. The number of esters is 2. The zero-order valence-corrected chi connectivity index (χ0v) is 27.4. The number of rotatable bonds is 9. The van der Waals surface area contributed by atoms with E-state index in [4.69, 9.17) is 20.0 Å². The van der Waals surface area contributed by atoms with Crippen LogP contribution in [0.25, 0.3) is 5.76 Å². The van der Waals surface area contributed by atoms with Crippen LogP contribution in [-0.4, -0.2) is 63.6 Å². The zero-order chi connectivity index (χ0) is 34.1. The number of nitrogen functional groups attached to an aromatic ring is 1. The SMILES string of the molecule is CO/N=C(/C(=O)N[C@@H]1C(=O)N2C(C(=O)OC(c3ccccc3)c3ccccc3)=C(/C=C3/OC(=O)c4ccccc43)CS[C@H]12)c1csc(N)n1. The lowest BCUT2D eigenvalue weighted by Gasteiger charge is -2.49. The summed E-state index contributed by atoms with van der Waals surface area (Å²) >= 11 is 2.46. The highest BCUT2D eigenvalue weighted by atomic mass is 32.2. The first-order valence-corrected chi connectivity index (χ1v) is 16.9. The summed E-state index contributed by atoms with van der Waals surface area (Å²) in [5, 5.41) is 7.65. The van der Waals surface area contributed by atoms with Crippen molar-refractivity contribution in [1.29, 1.82) is 0 Å². The molecule has 0 radical (unpaired) electrons. The van der Waals surface area contributed by atoms with E-state index >= 15 is 0 Å². The first-order valence-electron chi connectivity index (χ1n) is 15.0. The first-order chi connectivity index (χ1) is 23.8. The van der Waals surface area contributed by atoms with Gasteiger partial charge in [-0.3, -0.25) is 14.5 Å². The van der Waals surface area contributed by atoms with Crippen LogP contribution in [0.1, 0.15) is 38.8 Å². The molecule has 0 bridgehead atoms. The summed E-state index contributed by atoms with van der Waals surface area (Å²) < 4.78 is 11.8. The number of allylic oxidation sites excluding steroid dienone is 1. The number of fused-ring (bicyclic) bond motifs is 2. The maximum Gasteiger partial charge on any atom is 0.356 e. The second kappa shape index (κ2) is 13.4. The molecule has 3 aromatic carbocycles. The van der Waals surface area contributed by atoms with Crippen LogP contribution < -0.4 is 11.1 Å². The number of β-lactam (4-membered cyclic amide) rings is 1. The molecule has 4 aromatic rings. The van der Waals surface area contributed by atoms with Gasteiger partial charge in [-0.05, 0) is 28.8 Å². The molecule has 0 aliphatic carbocycles. The molecule has 2 amide bonds. The second-order valence-corrected chi connectivity index (χ2v) is 13.0. The maximum absolute atomic E-state index is 14.3. The monoisotopic (exact) mass is 693 g/mol. The normalized spacial score (nSPS) is 19.3. The van der Waals surface area contributed by atoms with Gasteiger partial charge in [-0.1, -0.05) is 84.0 Å². The van der Waals surface area contributed by atoms with Gasteiger partial charge >= 0.3 is 11.9 Å². The Balaban J connectivity index is 1.24. The molecule has 7 rings (SSSR count). The van der Waals surface area contributed by atoms with Crippen LogP contribution in [0.4, 0.5) is 5.13 Å². The Kier molecular flexibility index (Phi) is 8.72. The molecule has 3 aliphatic rings. The number of cyclic esters (lactones) is 1. The summed E-state index contributed by atoms with van der Waals surface area (Å²) in [6.07, 6.45) is 0.804. The lowest BCUT2D eigenvalue weighted by molar-refractivity contribution is -0.154. The third-order valence-corrected chi connectivity index (χ3v) is 9.97. The van der Waals surface area contributed by atoms with E-state index < -0.39 is 41.3 Å². The molecule has 1 saturated heterocycles. The van der Waals surface area contributed by atoms with Crippen LogP contribution in [0.5, 0.6) is 0 Å². The number of thioether (sulfide) groups is 1. The molecule has 0 spiro atoms. The average molecular weight is 694 g/mol. The van der Waals surface area contributed by atoms with Gasteiger partial charge in [0.05, 0.1) is 5.56 Å². The number of aromatic nitrogens is 1. The number of anilines is 1. The van der Waals surface area contributed by atoms with Gasteiger partial charge in [0.25, 0.3) is 11.8 Å². The minimum atomic E-state index is -1.00. The Labute approximate surface area is 288 Å². The van der Waals surface area contributed by atoms with Crippen molar-refractivity contribution in [3.8, 4) is 0 Å². The van der Waals surface area contributed by atoms with Gasteiger partial charge in [0.15, 0.2) is 16.9 Å². The van der Waals surface area contributed by atoms with Gasteiger partial charge < -0.3 is 25.4 Å². The van der Waals surface area contributed by atoms with Gasteiger partial charge in [0.2, 0.25) is 0 Å². The van der Waals surface area contributed by atoms with Gasteiger partial charge in [-0.2, -0.15) is 0 Å². The molecular weight excluding hydrogens is 667 g/mol. The summed E-state index contributed by atoms with van der Waals surface area (Å²) in [5.74, 6) is -2.03. The van der Waals surface area contributed by atoms with Gasteiger partial charge in [0, 0.05) is 16.7 Å². The molecule has 0 saturated carbocycles. The predicted molar refractivity (Wildman–Crippen MR) is 183 cm³/mol. The number of amides is 2. The van der Waals surface area contributed by atoms with Gasteiger partial charge in [0.1, 0.15) is 35.7 Å². The van der Waals surface area contributed by atoms with Gasteiger partial charge in [-0.15, -0.1) is 23.1 Å². The van der Waals surface area contributed by atoms with E-state index in [9.17, 15) is 19.2 Å². The molecular formula is C35H27N5O7S2. The van der Waals surface area contributed by atoms with Crippen molar-refractivity contribution in [2.75, 3.05) is 18.6 Å². The molecule has 49 heavy (non-hydrogen) atoms. The van der Waals surface area contributed by atoms with Crippen molar-refractivity contribution in [3.63, 3.8) is 0 Å². The van der Waals surface area contributed by atoms with E-state index in [1.807, 2.05) is 60.7 Å². The summed E-state index contributed by atoms with van der Waals surface area (Å²) in [6.45, 7) is 0. The van der Waals surface area contributed by atoms with Crippen LogP contribution >= 0.6 is 23.1 Å². The molecule has 2 atom stereocenters. The number of ether oxygens (including phenoxy) is 2. The highest BCUT2D eigenvalue weighted by Crippen LogP contribution is 2.43. The van der Waals surface area contributed by atoms with Crippen LogP contribution in [0, 0.1) is 0 Å². The molecule has 0 unspecified atom stereocenters. The third kappa shape index (κ3) is 6.07. The van der Waals surface area contributed by atoms with Crippen LogP contribution in [0.2, 0.25) is 0 Å². The Morgan fingerprint density at radius 2 is 1.67 bits per heavy atom. The number of hydrogen-bond acceptors (Lipinski definition) is 12. The topological polar surface area (TPSA) is 163 Å². The Bertz CT molecular complexity index is 2020. The maximum atomic E-state index is 14.3. The Morgan fingerprint density at radius 3 is 2.31 bits per heavy atom. The summed E-state index contributed by atoms with van der Waals surface area (Å²) in [7, 11) is 1.28. The van der Waals surface area contributed by atoms with Crippen LogP contribution in [-0.2, 0) is 28.7 Å². The number of oxime groups is 1. The Morgan fingerprint density at radius 1 is 1.02 bits per heavy atom. The zero-order valence-electron chi connectivity index (χ0n) is 25.8. The van der Waals surface area contributed by atoms with Crippen LogP contribution in [0.3, 0.4) is 0 Å². The fourth-order valence-corrected chi connectivity index (χ4v) is 7.60. The van der Waals surface area contributed by atoms with Crippen molar-refractivity contribution in [3.05, 3.63) is 136 Å². The number of benzene rings is 3. The number of carbonyl (C=O) groups is 4. The largest absolute Gasteiger partial charge is 0.448 e. The quantitative estimate of drug-likeness (QED) is 0.112. The molecule has 1 aromatic heterocycles. The van der Waals surface area contributed by atoms with E-state index in [0.29, 0.717) is 16.7 Å². The van der Waals surface area contributed by atoms with E-state index in [1.54, 1.807) is 35.7 Å². The minimum Gasteiger partial charge on any atom is -0.448 e. The number of nitrogens with one attached hydrogen (secondary N) is 1. The second-order valence-electron chi connectivity index (χ2n) is 11.0. The van der Waals surface area contributed by atoms with E-state index in [1.165, 1.54) is 23.8 Å². The third-order valence-electron chi connectivity index (χ3n) is 7.99. The molecule has 14 heteroatoms. The summed E-state index contributed by atoms with van der Waals surface area (Å²) in [5.41, 5.74) is 8.63. The standard InChI is InChI=1S/C35H27N5O7S2/c1-45-39-26(24-18-49-35(36)37-24)30(41)38-27-31(42)40-28(34(44)47-29(19-10-4-2-5-11-19)20-12-6-3-7-13-20)21(17-48-32(27)40)16-25-22-14-8-9-15-23(22)33(43)46-25/h2-16,18,27,29,32H,17H2,1H3,(H2,36,37)(H,38,41)/b25-16+,39-26+/t27-,32-/m1/s1. The van der Waals surface area contributed by atoms with E-state index in [0.717, 1.165) is 22.5 Å². The van der Waals surface area contributed by atoms with Gasteiger partial charge in [-0.25, -0.2) is 14.6 Å². The van der Waals surface area contributed by atoms with Crippen molar-refractivity contribution >= 4 is 63.5 Å². The fourth-order valence-electron chi connectivity index (χ4n) is 5.74. The van der Waals surface area contributed by atoms with Crippen molar-refractivity contribution in [1.82, 2.24) is 15.2 Å². The van der Waals surface area contributed by atoms with E-state index in [-0.39, 0.29) is 33.7 Å². The van der Waals surface area contributed by atoms with E-state index in [2.05, 4.69) is 15.5 Å². The first kappa shape index (κ1) is 31.8. The molecule has 4 heterocycles. The molecule has 3 N–H and O–H groups in total. The highest BCUT2D eigenvalue weighted by Gasteiger charge is 2.55. The molecule has 12 nitrogen and oxygen atoms in total. The molecule has 3 aliphatic heterocycles. The Hall–Kier alpha value is -5.73. The summed E-state index contributed by atoms with van der Waals surface area (Å²) in [6, 6.07) is 24.5.